The quantitative estimate of drug-likeness (QED) is 0.647. The van der Waals surface area contributed by atoms with Crippen molar-refractivity contribution in [3.8, 4) is 0 Å². The van der Waals surface area contributed by atoms with Gasteiger partial charge in [0.15, 0.2) is 9.84 Å². The highest BCUT2D eigenvalue weighted by molar-refractivity contribution is 7.90. The molecule has 132 valence electrons. The Bertz CT molecular complexity index is 957. The predicted octanol–water partition coefficient (Wildman–Crippen LogP) is 2.63. The Balaban J connectivity index is 2.27. The fourth-order valence-corrected chi connectivity index (χ4v) is 3.33. The summed E-state index contributed by atoms with van der Waals surface area (Å²) in [6.45, 7) is 1.62. The molecule has 7 nitrogen and oxygen atoms in total. The fourth-order valence-electron chi connectivity index (χ4n) is 2.34. The van der Waals surface area contributed by atoms with Crippen molar-refractivity contribution in [3.05, 3.63) is 63.5 Å². The van der Waals surface area contributed by atoms with Gasteiger partial charge < -0.3 is 5.32 Å². The highest BCUT2D eigenvalue weighted by atomic mass is 32.2. The summed E-state index contributed by atoms with van der Waals surface area (Å²) >= 11 is 0. The molecule has 0 radical (unpaired) electrons. The van der Waals surface area contributed by atoms with Crippen molar-refractivity contribution in [1.82, 2.24) is 0 Å². The number of anilines is 1. The van der Waals surface area contributed by atoms with E-state index < -0.39 is 38.6 Å². The molecule has 9 heteroatoms. The zero-order chi connectivity index (χ0) is 18.8. The van der Waals surface area contributed by atoms with E-state index in [4.69, 9.17) is 0 Å². The van der Waals surface area contributed by atoms with Crippen LogP contribution in [0.2, 0.25) is 0 Å². The first-order valence-electron chi connectivity index (χ1n) is 7.12. The molecule has 0 saturated carbocycles. The number of nitrogens with zero attached hydrogens (tertiary/aromatic N) is 1. The van der Waals surface area contributed by atoms with E-state index in [9.17, 15) is 27.7 Å². The second kappa shape index (κ2) is 6.98. The Morgan fingerprint density at radius 2 is 1.96 bits per heavy atom. The number of benzene rings is 2. The van der Waals surface area contributed by atoms with Crippen LogP contribution in [-0.4, -0.2) is 25.5 Å². The van der Waals surface area contributed by atoms with Gasteiger partial charge in [-0.3, -0.25) is 14.9 Å². The van der Waals surface area contributed by atoms with Gasteiger partial charge in [0.1, 0.15) is 5.82 Å². The number of hydrogen-bond donors (Lipinski definition) is 1. The van der Waals surface area contributed by atoms with E-state index in [1.165, 1.54) is 24.3 Å². The molecule has 2 rings (SSSR count). The van der Waals surface area contributed by atoms with E-state index in [1.807, 2.05) is 0 Å². The van der Waals surface area contributed by atoms with E-state index in [1.54, 1.807) is 6.92 Å². The SMILES string of the molecule is Cc1ccc(NC(=O)Cc2c(F)cccc2[N+](=O)[O-])cc1S(C)(=O)=O. The van der Waals surface area contributed by atoms with E-state index in [0.29, 0.717) is 5.56 Å². The van der Waals surface area contributed by atoms with Crippen molar-refractivity contribution >= 4 is 27.1 Å². The maximum atomic E-state index is 13.8. The normalized spacial score (nSPS) is 11.2. The van der Waals surface area contributed by atoms with Gasteiger partial charge in [0, 0.05) is 18.0 Å². The van der Waals surface area contributed by atoms with Crippen molar-refractivity contribution < 1.29 is 22.5 Å². The third-order valence-electron chi connectivity index (χ3n) is 3.50. The smallest absolute Gasteiger partial charge is 0.276 e. The summed E-state index contributed by atoms with van der Waals surface area (Å²) in [5, 5.41) is 13.4. The van der Waals surface area contributed by atoms with Gasteiger partial charge in [-0.05, 0) is 30.7 Å². The average molecular weight is 366 g/mol. The standard InChI is InChI=1S/C16H15FN2O5S/c1-10-6-7-11(8-15(10)25(2,23)24)18-16(20)9-12-13(17)4-3-5-14(12)19(21)22/h3-8H,9H2,1-2H3,(H,18,20). The maximum Gasteiger partial charge on any atom is 0.276 e. The Morgan fingerprint density at radius 3 is 2.56 bits per heavy atom. The van der Waals surface area contributed by atoms with Crippen LogP contribution < -0.4 is 5.32 Å². The summed E-state index contributed by atoms with van der Waals surface area (Å²) in [5.74, 6) is -1.55. The molecule has 0 aliphatic heterocycles. The molecule has 0 heterocycles. The van der Waals surface area contributed by atoms with Crippen molar-refractivity contribution in [3.63, 3.8) is 0 Å². The molecule has 2 aromatic rings. The maximum absolute atomic E-state index is 13.8. The Hall–Kier alpha value is -2.81. The lowest BCUT2D eigenvalue weighted by Gasteiger charge is -2.09. The second-order valence-corrected chi connectivity index (χ2v) is 7.46. The van der Waals surface area contributed by atoms with Gasteiger partial charge in [-0.15, -0.1) is 0 Å². The van der Waals surface area contributed by atoms with Gasteiger partial charge in [0.2, 0.25) is 5.91 Å². The summed E-state index contributed by atoms with van der Waals surface area (Å²) in [4.78, 5) is 22.3. The topological polar surface area (TPSA) is 106 Å². The molecular weight excluding hydrogens is 351 g/mol. The van der Waals surface area contributed by atoms with E-state index in [2.05, 4.69) is 5.32 Å². The number of carbonyl (C=O) groups excluding carboxylic acids is 1. The number of amides is 1. The Morgan fingerprint density at radius 1 is 1.28 bits per heavy atom. The summed E-state index contributed by atoms with van der Waals surface area (Å²) in [7, 11) is -3.48. The molecule has 0 aliphatic carbocycles. The largest absolute Gasteiger partial charge is 0.326 e. The number of carbonyl (C=O) groups is 1. The minimum atomic E-state index is -3.48. The number of nitrogens with one attached hydrogen (secondary N) is 1. The first-order chi connectivity index (χ1) is 11.6. The van der Waals surface area contributed by atoms with Crippen LogP contribution in [0, 0.1) is 22.9 Å². The Kier molecular flexibility index (Phi) is 5.17. The average Bonchev–Trinajstić information content (AvgIpc) is 2.49. The first kappa shape index (κ1) is 18.5. The lowest BCUT2D eigenvalue weighted by molar-refractivity contribution is -0.385. The van der Waals surface area contributed by atoms with Gasteiger partial charge >= 0.3 is 0 Å². The van der Waals surface area contributed by atoms with Gasteiger partial charge in [-0.2, -0.15) is 0 Å². The molecular formula is C16H15FN2O5S. The van der Waals surface area contributed by atoms with E-state index >= 15 is 0 Å². The van der Waals surface area contributed by atoms with E-state index in [-0.39, 0.29) is 16.1 Å². The van der Waals surface area contributed by atoms with Crippen LogP contribution in [0.3, 0.4) is 0 Å². The molecule has 0 bridgehead atoms. The van der Waals surface area contributed by atoms with Crippen LogP contribution in [0.4, 0.5) is 15.8 Å². The molecule has 0 atom stereocenters. The third kappa shape index (κ3) is 4.38. The number of aryl methyl sites for hydroxylation is 1. The molecule has 0 spiro atoms. The van der Waals surface area contributed by atoms with E-state index in [0.717, 1.165) is 18.4 Å². The van der Waals surface area contributed by atoms with Gasteiger partial charge in [0.25, 0.3) is 5.69 Å². The molecule has 25 heavy (non-hydrogen) atoms. The summed E-state index contributed by atoms with van der Waals surface area (Å²) in [6.07, 6.45) is 0.495. The molecule has 2 aromatic carbocycles. The van der Waals surface area contributed by atoms with Crippen molar-refractivity contribution in [2.75, 3.05) is 11.6 Å². The highest BCUT2D eigenvalue weighted by Gasteiger charge is 2.21. The predicted molar refractivity (Wildman–Crippen MR) is 89.7 cm³/mol. The van der Waals surface area contributed by atoms with Crippen molar-refractivity contribution in [2.45, 2.75) is 18.2 Å². The number of sulfone groups is 1. The third-order valence-corrected chi connectivity index (χ3v) is 4.74. The van der Waals surface area contributed by atoms with Gasteiger partial charge in [-0.1, -0.05) is 12.1 Å². The van der Waals surface area contributed by atoms with Crippen LogP contribution in [0.5, 0.6) is 0 Å². The van der Waals surface area contributed by atoms with Crippen LogP contribution in [0.15, 0.2) is 41.3 Å². The van der Waals surface area contributed by atoms with Crippen LogP contribution in [-0.2, 0) is 21.1 Å². The van der Waals surface area contributed by atoms with Crippen LogP contribution in [0.1, 0.15) is 11.1 Å². The molecule has 0 saturated heterocycles. The molecule has 0 unspecified atom stereocenters. The number of hydrogen-bond acceptors (Lipinski definition) is 5. The molecule has 1 amide bonds. The van der Waals surface area contributed by atoms with Gasteiger partial charge in [-0.25, -0.2) is 12.8 Å². The monoisotopic (exact) mass is 366 g/mol. The Labute approximate surface area is 143 Å². The molecule has 1 N–H and O–H groups in total. The molecule has 0 fully saturated rings. The zero-order valence-electron chi connectivity index (χ0n) is 13.4. The zero-order valence-corrected chi connectivity index (χ0v) is 14.3. The van der Waals surface area contributed by atoms with Crippen molar-refractivity contribution in [2.24, 2.45) is 0 Å². The second-order valence-electron chi connectivity index (χ2n) is 5.47. The van der Waals surface area contributed by atoms with Gasteiger partial charge in [0.05, 0.1) is 21.8 Å². The first-order valence-corrected chi connectivity index (χ1v) is 9.01. The number of nitro benzene ring substituents is 1. The van der Waals surface area contributed by atoms with Crippen LogP contribution in [0.25, 0.3) is 0 Å². The van der Waals surface area contributed by atoms with Crippen molar-refractivity contribution in [1.29, 1.82) is 0 Å². The molecule has 0 aromatic heterocycles. The highest BCUT2D eigenvalue weighted by Crippen LogP contribution is 2.23. The number of rotatable bonds is 5. The summed E-state index contributed by atoms with van der Waals surface area (Å²) < 4.78 is 37.2. The minimum absolute atomic E-state index is 0.0576. The number of nitro groups is 1. The number of halogens is 1. The summed E-state index contributed by atoms with van der Waals surface area (Å²) in [5.41, 5.74) is -0.100. The molecule has 0 aliphatic rings. The minimum Gasteiger partial charge on any atom is -0.326 e. The lowest BCUT2D eigenvalue weighted by atomic mass is 10.1. The lowest BCUT2D eigenvalue weighted by Crippen LogP contribution is -2.16. The summed E-state index contributed by atoms with van der Waals surface area (Å²) in [6, 6.07) is 7.64. The van der Waals surface area contributed by atoms with Crippen LogP contribution >= 0.6 is 0 Å². The fraction of sp³-hybridized carbons (Fsp3) is 0.188.